The molecule has 0 saturated heterocycles. The maximum Gasteiger partial charge on any atom is 0.257 e. The van der Waals surface area contributed by atoms with Crippen molar-refractivity contribution in [1.29, 1.82) is 0 Å². The van der Waals surface area contributed by atoms with Gasteiger partial charge in [-0.15, -0.1) is 0 Å². The Kier molecular flexibility index (Phi) is 7.20. The topological polar surface area (TPSA) is 50.4 Å². The minimum Gasteiger partial charge on any atom is -0.492 e. The number of ether oxygens (including phenoxy) is 1. The lowest BCUT2D eigenvalue weighted by Crippen LogP contribution is -2.34. The fraction of sp³-hybridized carbons (Fsp3) is 0.176. The summed E-state index contributed by atoms with van der Waals surface area (Å²) in [6.07, 6.45) is 0.921. The van der Waals surface area contributed by atoms with Crippen molar-refractivity contribution in [3.05, 3.63) is 57.0 Å². The number of anilines is 1. The Morgan fingerprint density at radius 2 is 1.88 bits per heavy atom. The fourth-order valence-electron chi connectivity index (χ4n) is 1.84. The normalized spacial score (nSPS) is 10.1. The molecule has 2 rings (SSSR count). The number of rotatable bonds is 5. The Bertz CT molecular complexity index is 736. The molecule has 2 N–H and O–H groups in total. The molecular formula is C17H16Br2N2O2S. The molecule has 24 heavy (non-hydrogen) atoms. The molecule has 0 bridgehead atoms. The molecule has 0 radical (unpaired) electrons. The summed E-state index contributed by atoms with van der Waals surface area (Å²) in [5.41, 5.74) is 1.29. The predicted molar refractivity (Wildman–Crippen MR) is 108 cm³/mol. The zero-order chi connectivity index (χ0) is 17.5. The van der Waals surface area contributed by atoms with E-state index in [-0.39, 0.29) is 11.0 Å². The van der Waals surface area contributed by atoms with Gasteiger partial charge in [0.05, 0.1) is 11.1 Å². The number of hydrogen-bond acceptors (Lipinski definition) is 3. The van der Waals surface area contributed by atoms with E-state index in [0.717, 1.165) is 21.1 Å². The van der Waals surface area contributed by atoms with Gasteiger partial charge in [-0.1, -0.05) is 22.9 Å². The van der Waals surface area contributed by atoms with Gasteiger partial charge >= 0.3 is 0 Å². The molecule has 0 aliphatic rings. The lowest BCUT2D eigenvalue weighted by Gasteiger charge is -2.11. The Hall–Kier alpha value is -1.44. The molecule has 0 spiro atoms. The number of benzene rings is 2. The molecular weight excluding hydrogens is 456 g/mol. The van der Waals surface area contributed by atoms with Crippen LogP contribution in [0.5, 0.6) is 5.75 Å². The highest BCUT2D eigenvalue weighted by Gasteiger charge is 2.11. The van der Waals surface area contributed by atoms with E-state index in [9.17, 15) is 4.79 Å². The average molecular weight is 472 g/mol. The zero-order valence-electron chi connectivity index (χ0n) is 12.9. The molecule has 1 amide bonds. The quantitative estimate of drug-likeness (QED) is 0.593. The van der Waals surface area contributed by atoms with Crippen LogP contribution in [-0.4, -0.2) is 17.6 Å². The van der Waals surface area contributed by atoms with E-state index in [0.29, 0.717) is 17.9 Å². The van der Waals surface area contributed by atoms with Crippen molar-refractivity contribution in [2.45, 2.75) is 13.3 Å². The molecule has 2 aromatic carbocycles. The number of halogens is 2. The predicted octanol–water partition coefficient (Wildman–Crippen LogP) is 5.13. The Labute approximate surface area is 163 Å². The molecule has 0 aliphatic heterocycles. The molecule has 0 unspecified atom stereocenters. The largest absolute Gasteiger partial charge is 0.492 e. The molecule has 0 aromatic heterocycles. The minimum absolute atomic E-state index is 0.241. The molecule has 4 nitrogen and oxygen atoms in total. The van der Waals surface area contributed by atoms with E-state index in [1.54, 1.807) is 18.2 Å². The van der Waals surface area contributed by atoms with Gasteiger partial charge in [0, 0.05) is 15.7 Å². The fourth-order valence-corrected chi connectivity index (χ4v) is 2.81. The van der Waals surface area contributed by atoms with Crippen LogP contribution in [0.15, 0.2) is 51.4 Å². The summed E-state index contributed by atoms with van der Waals surface area (Å²) in [5, 5.41) is 5.86. The Balaban J connectivity index is 1.97. The van der Waals surface area contributed by atoms with Gasteiger partial charge in [0.2, 0.25) is 0 Å². The van der Waals surface area contributed by atoms with Crippen molar-refractivity contribution in [3.63, 3.8) is 0 Å². The number of carbonyl (C=O) groups is 1. The maximum absolute atomic E-state index is 12.3. The standard InChI is InChI=1S/C17H16Br2N2O2S/c1-2-9-23-15-8-3-11(10-14(15)19)16(22)21-17(24)20-13-6-4-12(18)5-7-13/h3-8,10H,2,9H2,1H3,(H2,20,21,22,24). The second-order valence-corrected chi connectivity index (χ2v) is 7.09. The molecule has 0 aliphatic carbocycles. The van der Waals surface area contributed by atoms with Crippen molar-refractivity contribution in [2.75, 3.05) is 11.9 Å². The van der Waals surface area contributed by atoms with E-state index in [1.165, 1.54) is 0 Å². The number of amides is 1. The zero-order valence-corrected chi connectivity index (χ0v) is 16.9. The van der Waals surface area contributed by atoms with Crippen molar-refractivity contribution in [3.8, 4) is 5.75 Å². The average Bonchev–Trinajstić information content (AvgIpc) is 2.55. The highest BCUT2D eigenvalue weighted by atomic mass is 79.9. The molecule has 2 aromatic rings. The van der Waals surface area contributed by atoms with E-state index >= 15 is 0 Å². The van der Waals surface area contributed by atoms with Crippen LogP contribution in [0.1, 0.15) is 23.7 Å². The molecule has 0 atom stereocenters. The van der Waals surface area contributed by atoms with Crippen LogP contribution in [-0.2, 0) is 0 Å². The van der Waals surface area contributed by atoms with Gasteiger partial charge in [0.1, 0.15) is 5.75 Å². The third-order valence-corrected chi connectivity index (χ3v) is 4.34. The molecule has 7 heteroatoms. The van der Waals surface area contributed by atoms with E-state index in [1.807, 2.05) is 31.2 Å². The lowest BCUT2D eigenvalue weighted by molar-refractivity contribution is 0.0977. The summed E-state index contributed by atoms with van der Waals surface area (Å²) in [7, 11) is 0. The molecule has 0 heterocycles. The minimum atomic E-state index is -0.285. The summed E-state index contributed by atoms with van der Waals surface area (Å²) in [4.78, 5) is 12.3. The smallest absolute Gasteiger partial charge is 0.257 e. The summed E-state index contributed by atoms with van der Waals surface area (Å²) >= 11 is 12.0. The second kappa shape index (κ2) is 9.15. The number of carbonyl (C=O) groups excluding carboxylic acids is 1. The molecule has 126 valence electrons. The van der Waals surface area contributed by atoms with Crippen LogP contribution in [0.25, 0.3) is 0 Å². The Morgan fingerprint density at radius 3 is 2.50 bits per heavy atom. The van der Waals surface area contributed by atoms with E-state index in [4.69, 9.17) is 17.0 Å². The van der Waals surface area contributed by atoms with Gasteiger partial charge in [-0.3, -0.25) is 10.1 Å². The van der Waals surface area contributed by atoms with Crippen molar-refractivity contribution in [1.82, 2.24) is 5.32 Å². The van der Waals surface area contributed by atoms with Crippen LogP contribution in [0, 0.1) is 0 Å². The SMILES string of the molecule is CCCOc1ccc(C(=O)NC(=S)Nc2ccc(Br)cc2)cc1Br. The Morgan fingerprint density at radius 1 is 1.17 bits per heavy atom. The maximum atomic E-state index is 12.3. The van der Waals surface area contributed by atoms with Crippen LogP contribution in [0.4, 0.5) is 5.69 Å². The van der Waals surface area contributed by atoms with Crippen LogP contribution in [0.2, 0.25) is 0 Å². The molecule has 0 fully saturated rings. The third-order valence-electron chi connectivity index (χ3n) is 2.98. The monoisotopic (exact) mass is 470 g/mol. The van der Waals surface area contributed by atoms with Crippen LogP contribution >= 0.6 is 44.1 Å². The summed E-state index contributed by atoms with van der Waals surface area (Å²) in [5.74, 6) is 0.427. The summed E-state index contributed by atoms with van der Waals surface area (Å²) in [6, 6.07) is 12.7. The van der Waals surface area contributed by atoms with Crippen molar-refractivity contribution >= 4 is 60.8 Å². The van der Waals surface area contributed by atoms with Gasteiger partial charge in [-0.25, -0.2) is 0 Å². The van der Waals surface area contributed by atoms with Crippen molar-refractivity contribution < 1.29 is 9.53 Å². The van der Waals surface area contributed by atoms with Gasteiger partial charge in [0.25, 0.3) is 5.91 Å². The van der Waals surface area contributed by atoms with E-state index < -0.39 is 0 Å². The second-order valence-electron chi connectivity index (χ2n) is 4.91. The first kappa shape index (κ1) is 18.9. The van der Waals surface area contributed by atoms with Crippen LogP contribution in [0.3, 0.4) is 0 Å². The van der Waals surface area contributed by atoms with Gasteiger partial charge in [0.15, 0.2) is 5.11 Å². The van der Waals surface area contributed by atoms with Gasteiger partial charge in [-0.05, 0) is 77.0 Å². The van der Waals surface area contributed by atoms with Gasteiger partial charge in [-0.2, -0.15) is 0 Å². The first-order valence-electron chi connectivity index (χ1n) is 7.30. The number of hydrogen-bond donors (Lipinski definition) is 2. The highest BCUT2D eigenvalue weighted by Crippen LogP contribution is 2.26. The number of thiocarbonyl (C=S) groups is 1. The van der Waals surface area contributed by atoms with Crippen LogP contribution < -0.4 is 15.4 Å². The third kappa shape index (κ3) is 5.58. The summed E-state index contributed by atoms with van der Waals surface area (Å²) in [6.45, 7) is 2.67. The van der Waals surface area contributed by atoms with Crippen molar-refractivity contribution in [2.24, 2.45) is 0 Å². The number of nitrogens with one attached hydrogen (secondary N) is 2. The van der Waals surface area contributed by atoms with Gasteiger partial charge < -0.3 is 10.1 Å². The van der Waals surface area contributed by atoms with E-state index in [2.05, 4.69) is 42.5 Å². The molecule has 0 saturated carbocycles. The first-order chi connectivity index (χ1) is 11.5. The lowest BCUT2D eigenvalue weighted by atomic mass is 10.2. The summed E-state index contributed by atoms with van der Waals surface area (Å²) < 4.78 is 7.27. The first-order valence-corrected chi connectivity index (χ1v) is 9.29. The highest BCUT2D eigenvalue weighted by molar-refractivity contribution is 9.10.